The maximum absolute atomic E-state index is 6.07. The number of furan rings is 1. The van der Waals surface area contributed by atoms with E-state index in [9.17, 15) is 0 Å². The number of hydrogen-bond donors (Lipinski definition) is 1. The Morgan fingerprint density at radius 1 is 1.11 bits per heavy atom. The van der Waals surface area contributed by atoms with Crippen LogP contribution in [0.1, 0.15) is 17.2 Å². The summed E-state index contributed by atoms with van der Waals surface area (Å²) in [7, 11) is 1.94. The predicted molar refractivity (Wildman–Crippen MR) is 78.6 cm³/mol. The summed E-state index contributed by atoms with van der Waals surface area (Å²) in [6.45, 7) is 0. The maximum atomic E-state index is 6.07. The van der Waals surface area contributed by atoms with E-state index in [0.29, 0.717) is 0 Å². The van der Waals surface area contributed by atoms with E-state index in [1.807, 2.05) is 49.7 Å². The van der Waals surface area contributed by atoms with Gasteiger partial charge >= 0.3 is 0 Å². The van der Waals surface area contributed by atoms with Gasteiger partial charge < -0.3 is 9.73 Å². The Balaban J connectivity index is 2.12. The van der Waals surface area contributed by atoms with Crippen molar-refractivity contribution in [1.29, 1.82) is 0 Å². The summed E-state index contributed by atoms with van der Waals surface area (Å²) in [5.74, 6) is 0. The van der Waals surface area contributed by atoms with Crippen molar-refractivity contribution in [2.45, 2.75) is 6.04 Å². The molecule has 1 unspecified atom stereocenters. The molecule has 2 nitrogen and oxygen atoms in total. The fourth-order valence-corrected chi connectivity index (χ4v) is 2.61. The van der Waals surface area contributed by atoms with E-state index in [0.717, 1.165) is 27.1 Å². The maximum Gasteiger partial charge on any atom is 0.134 e. The molecule has 0 fully saturated rings. The van der Waals surface area contributed by atoms with Crippen LogP contribution in [-0.4, -0.2) is 7.05 Å². The van der Waals surface area contributed by atoms with Gasteiger partial charge in [0.05, 0.1) is 12.3 Å². The number of para-hydroxylation sites is 1. The van der Waals surface area contributed by atoms with Gasteiger partial charge in [0.15, 0.2) is 0 Å². The number of halogens is 1. The number of fused-ring (bicyclic) bond motifs is 1. The quantitative estimate of drug-likeness (QED) is 0.764. The lowest BCUT2D eigenvalue weighted by atomic mass is 9.98. The first-order chi connectivity index (χ1) is 9.29. The zero-order valence-electron chi connectivity index (χ0n) is 10.6. The third-order valence-corrected chi connectivity index (χ3v) is 3.53. The van der Waals surface area contributed by atoms with Crippen LogP contribution in [0.2, 0.25) is 5.02 Å². The first kappa shape index (κ1) is 12.3. The first-order valence-electron chi connectivity index (χ1n) is 6.18. The van der Waals surface area contributed by atoms with Gasteiger partial charge in [0.25, 0.3) is 0 Å². The van der Waals surface area contributed by atoms with Gasteiger partial charge in [0, 0.05) is 16.0 Å². The second-order valence-corrected chi connectivity index (χ2v) is 4.90. The molecule has 2 aromatic carbocycles. The molecule has 0 aliphatic heterocycles. The summed E-state index contributed by atoms with van der Waals surface area (Å²) in [6.07, 6.45) is 1.81. The van der Waals surface area contributed by atoms with E-state index in [1.165, 1.54) is 0 Å². The number of nitrogens with one attached hydrogen (secondary N) is 1. The zero-order chi connectivity index (χ0) is 13.2. The highest BCUT2D eigenvalue weighted by Gasteiger charge is 2.17. The van der Waals surface area contributed by atoms with Gasteiger partial charge in [0.2, 0.25) is 0 Å². The molecule has 0 radical (unpaired) electrons. The van der Waals surface area contributed by atoms with Gasteiger partial charge in [0.1, 0.15) is 5.58 Å². The highest BCUT2D eigenvalue weighted by atomic mass is 35.5. The van der Waals surface area contributed by atoms with Crippen LogP contribution in [0.25, 0.3) is 11.0 Å². The Hall–Kier alpha value is -1.77. The lowest BCUT2D eigenvalue weighted by Gasteiger charge is -2.15. The van der Waals surface area contributed by atoms with Crippen molar-refractivity contribution in [3.63, 3.8) is 0 Å². The SMILES string of the molecule is CNC(c1cccc(Cl)c1)c1coc2ccccc12. The van der Waals surface area contributed by atoms with E-state index < -0.39 is 0 Å². The van der Waals surface area contributed by atoms with Crippen molar-refractivity contribution >= 4 is 22.6 Å². The molecule has 0 amide bonds. The van der Waals surface area contributed by atoms with Crippen LogP contribution in [0.15, 0.2) is 59.2 Å². The molecule has 0 aliphatic rings. The average molecular weight is 272 g/mol. The second-order valence-electron chi connectivity index (χ2n) is 4.46. The fourth-order valence-electron chi connectivity index (χ4n) is 2.41. The second kappa shape index (κ2) is 5.08. The van der Waals surface area contributed by atoms with Crippen LogP contribution in [0, 0.1) is 0 Å². The van der Waals surface area contributed by atoms with E-state index in [2.05, 4.69) is 17.4 Å². The van der Waals surface area contributed by atoms with Crippen LogP contribution in [0.5, 0.6) is 0 Å². The molecule has 3 heteroatoms. The fraction of sp³-hybridized carbons (Fsp3) is 0.125. The molecule has 0 saturated heterocycles. The largest absolute Gasteiger partial charge is 0.464 e. The zero-order valence-corrected chi connectivity index (χ0v) is 11.3. The minimum atomic E-state index is 0.0716. The Morgan fingerprint density at radius 2 is 1.95 bits per heavy atom. The molecule has 96 valence electrons. The molecule has 1 atom stereocenters. The summed E-state index contributed by atoms with van der Waals surface area (Å²) in [5, 5.41) is 5.19. The molecule has 0 bridgehead atoms. The van der Waals surface area contributed by atoms with Crippen LogP contribution in [-0.2, 0) is 0 Å². The number of benzene rings is 2. The molecule has 3 rings (SSSR count). The summed E-state index contributed by atoms with van der Waals surface area (Å²) >= 11 is 6.07. The van der Waals surface area contributed by atoms with Crippen molar-refractivity contribution in [2.75, 3.05) is 7.05 Å². The van der Waals surface area contributed by atoms with Gasteiger partial charge in [-0.05, 0) is 30.8 Å². The average Bonchev–Trinajstić information content (AvgIpc) is 2.84. The number of hydrogen-bond acceptors (Lipinski definition) is 2. The highest BCUT2D eigenvalue weighted by molar-refractivity contribution is 6.30. The third-order valence-electron chi connectivity index (χ3n) is 3.29. The highest BCUT2D eigenvalue weighted by Crippen LogP contribution is 2.31. The smallest absolute Gasteiger partial charge is 0.134 e. The molecule has 0 aliphatic carbocycles. The third kappa shape index (κ3) is 2.25. The summed E-state index contributed by atoms with van der Waals surface area (Å²) in [6, 6.07) is 16.0. The van der Waals surface area contributed by atoms with Gasteiger partial charge in [-0.15, -0.1) is 0 Å². The van der Waals surface area contributed by atoms with Crippen molar-refractivity contribution in [3.05, 3.63) is 70.9 Å². The summed E-state index contributed by atoms with van der Waals surface area (Å²) < 4.78 is 5.61. The molecule has 1 N–H and O–H groups in total. The Labute approximate surface area is 117 Å². The van der Waals surface area contributed by atoms with Crippen LogP contribution in [0.3, 0.4) is 0 Å². The van der Waals surface area contributed by atoms with Crippen LogP contribution >= 0.6 is 11.6 Å². The summed E-state index contributed by atoms with van der Waals surface area (Å²) in [4.78, 5) is 0. The van der Waals surface area contributed by atoms with Crippen LogP contribution < -0.4 is 5.32 Å². The normalized spacial score (nSPS) is 12.7. The van der Waals surface area contributed by atoms with Crippen molar-refractivity contribution < 1.29 is 4.42 Å². The molecule has 3 aromatic rings. The van der Waals surface area contributed by atoms with Crippen molar-refractivity contribution in [2.24, 2.45) is 0 Å². The lowest BCUT2D eigenvalue weighted by Crippen LogP contribution is -2.17. The van der Waals surface area contributed by atoms with Crippen molar-refractivity contribution in [1.82, 2.24) is 5.32 Å². The van der Waals surface area contributed by atoms with Gasteiger partial charge in [-0.25, -0.2) is 0 Å². The minimum Gasteiger partial charge on any atom is -0.464 e. The van der Waals surface area contributed by atoms with E-state index in [1.54, 1.807) is 0 Å². The van der Waals surface area contributed by atoms with Crippen molar-refractivity contribution in [3.8, 4) is 0 Å². The Morgan fingerprint density at radius 3 is 2.74 bits per heavy atom. The summed E-state index contributed by atoms with van der Waals surface area (Å²) in [5.41, 5.74) is 3.15. The molecule has 1 heterocycles. The minimum absolute atomic E-state index is 0.0716. The standard InChI is InChI=1S/C16H14ClNO/c1-18-16(11-5-4-6-12(17)9-11)14-10-19-15-8-3-2-7-13(14)15/h2-10,16,18H,1H3. The molecular weight excluding hydrogens is 258 g/mol. The topological polar surface area (TPSA) is 25.2 Å². The monoisotopic (exact) mass is 271 g/mol. The molecule has 0 saturated carbocycles. The van der Waals surface area contributed by atoms with Crippen LogP contribution in [0.4, 0.5) is 0 Å². The van der Waals surface area contributed by atoms with E-state index in [4.69, 9.17) is 16.0 Å². The van der Waals surface area contributed by atoms with E-state index >= 15 is 0 Å². The first-order valence-corrected chi connectivity index (χ1v) is 6.56. The Bertz CT molecular complexity index is 705. The molecule has 1 aromatic heterocycles. The van der Waals surface area contributed by atoms with E-state index in [-0.39, 0.29) is 6.04 Å². The van der Waals surface area contributed by atoms with Gasteiger partial charge in [-0.2, -0.15) is 0 Å². The number of rotatable bonds is 3. The molecule has 19 heavy (non-hydrogen) atoms. The molecule has 0 spiro atoms. The molecular formula is C16H14ClNO. The Kier molecular flexibility index (Phi) is 3.28. The van der Waals surface area contributed by atoms with Gasteiger partial charge in [-0.1, -0.05) is 41.9 Å². The lowest BCUT2D eigenvalue weighted by molar-refractivity contribution is 0.597. The predicted octanol–water partition coefficient (Wildman–Crippen LogP) is 4.40. The van der Waals surface area contributed by atoms with Gasteiger partial charge in [-0.3, -0.25) is 0 Å².